The van der Waals surface area contributed by atoms with Crippen LogP contribution in [0, 0.1) is 0 Å². The molecule has 18 heavy (non-hydrogen) atoms. The van der Waals surface area contributed by atoms with Gasteiger partial charge in [-0.1, -0.05) is 0 Å². The molecule has 0 aliphatic carbocycles. The number of amides is 1. The molecule has 0 radical (unpaired) electrons. The summed E-state index contributed by atoms with van der Waals surface area (Å²) in [4.78, 5) is 11.6. The highest BCUT2D eigenvalue weighted by Gasteiger charge is 2.11. The molecule has 4 N–H and O–H groups in total. The molecular formula is C11H15ClN4O2. The highest BCUT2D eigenvalue weighted by molar-refractivity contribution is 5.93. The predicted octanol–water partition coefficient (Wildman–Crippen LogP) is 1.17. The van der Waals surface area contributed by atoms with Crippen LogP contribution < -0.4 is 11.1 Å². The van der Waals surface area contributed by atoms with Crippen molar-refractivity contribution in [2.24, 2.45) is 5.73 Å². The number of H-pyrrole nitrogens is 1. The van der Waals surface area contributed by atoms with E-state index in [-0.39, 0.29) is 18.3 Å². The van der Waals surface area contributed by atoms with Crippen LogP contribution in [0.3, 0.4) is 0 Å². The van der Waals surface area contributed by atoms with E-state index in [1.54, 1.807) is 24.5 Å². The summed E-state index contributed by atoms with van der Waals surface area (Å²) < 4.78 is 5.19. The minimum absolute atomic E-state index is 0. The van der Waals surface area contributed by atoms with Crippen molar-refractivity contribution < 1.29 is 9.21 Å². The molecule has 0 aromatic carbocycles. The molecule has 7 heteroatoms. The summed E-state index contributed by atoms with van der Waals surface area (Å²) >= 11 is 0. The maximum atomic E-state index is 11.6. The topological polar surface area (TPSA) is 96.9 Å². The van der Waals surface area contributed by atoms with Crippen molar-refractivity contribution in [3.63, 3.8) is 0 Å². The summed E-state index contributed by atoms with van der Waals surface area (Å²) in [5, 5.41) is 9.40. The Morgan fingerprint density at radius 3 is 3.06 bits per heavy atom. The van der Waals surface area contributed by atoms with Gasteiger partial charge in [-0.25, -0.2) is 0 Å². The third-order valence-corrected chi connectivity index (χ3v) is 2.26. The van der Waals surface area contributed by atoms with Crippen LogP contribution in [-0.4, -0.2) is 29.2 Å². The summed E-state index contributed by atoms with van der Waals surface area (Å²) in [5.41, 5.74) is 6.36. The molecule has 0 aliphatic heterocycles. The van der Waals surface area contributed by atoms with Gasteiger partial charge in [0.1, 0.15) is 5.69 Å². The normalized spacial score (nSPS) is 9.83. The van der Waals surface area contributed by atoms with Gasteiger partial charge in [-0.3, -0.25) is 9.89 Å². The number of carbonyl (C=O) groups is 1. The van der Waals surface area contributed by atoms with Crippen LogP contribution in [0.5, 0.6) is 0 Å². The molecule has 2 aromatic rings. The number of aromatic nitrogens is 2. The highest BCUT2D eigenvalue weighted by Crippen LogP contribution is 2.17. The van der Waals surface area contributed by atoms with Crippen molar-refractivity contribution >= 4 is 18.3 Å². The molecule has 0 unspecified atom stereocenters. The molecule has 0 saturated carbocycles. The number of halogens is 1. The number of rotatable bonds is 5. The van der Waals surface area contributed by atoms with Gasteiger partial charge in [0.2, 0.25) is 0 Å². The number of nitrogens with zero attached hydrogens (tertiary/aromatic N) is 1. The quantitative estimate of drug-likeness (QED) is 0.711. The van der Waals surface area contributed by atoms with Crippen LogP contribution in [0.25, 0.3) is 11.5 Å². The molecule has 0 spiro atoms. The van der Waals surface area contributed by atoms with Gasteiger partial charge in [-0.15, -0.1) is 12.4 Å². The Balaban J connectivity index is 0.00000162. The zero-order valence-corrected chi connectivity index (χ0v) is 10.5. The number of furan rings is 1. The first-order chi connectivity index (χ1) is 8.31. The van der Waals surface area contributed by atoms with Crippen LogP contribution in [0.1, 0.15) is 16.9 Å². The molecule has 2 heterocycles. The number of hydrogen-bond donors (Lipinski definition) is 3. The lowest BCUT2D eigenvalue weighted by molar-refractivity contribution is 0.0948. The molecule has 0 atom stereocenters. The van der Waals surface area contributed by atoms with Gasteiger partial charge < -0.3 is 15.5 Å². The van der Waals surface area contributed by atoms with Crippen molar-refractivity contribution in [1.82, 2.24) is 15.5 Å². The summed E-state index contributed by atoms with van der Waals surface area (Å²) in [5.74, 6) is 0.436. The largest absolute Gasteiger partial charge is 0.463 e. The Bertz CT molecular complexity index is 481. The van der Waals surface area contributed by atoms with Crippen LogP contribution in [0.4, 0.5) is 0 Å². The number of hydrogen-bond acceptors (Lipinski definition) is 4. The maximum Gasteiger partial charge on any atom is 0.271 e. The van der Waals surface area contributed by atoms with Gasteiger partial charge in [0.05, 0.1) is 6.26 Å². The van der Waals surface area contributed by atoms with Crippen molar-refractivity contribution in [2.45, 2.75) is 6.42 Å². The predicted molar refractivity (Wildman–Crippen MR) is 69.5 cm³/mol. The van der Waals surface area contributed by atoms with Crippen molar-refractivity contribution in [3.05, 3.63) is 30.2 Å². The fraction of sp³-hybridized carbons (Fsp3) is 0.273. The zero-order chi connectivity index (χ0) is 12.1. The fourth-order valence-electron chi connectivity index (χ4n) is 1.39. The molecular weight excluding hydrogens is 256 g/mol. The molecule has 0 saturated heterocycles. The zero-order valence-electron chi connectivity index (χ0n) is 9.68. The Morgan fingerprint density at radius 1 is 1.56 bits per heavy atom. The number of carbonyl (C=O) groups excluding carboxylic acids is 1. The van der Waals surface area contributed by atoms with E-state index in [4.69, 9.17) is 10.2 Å². The monoisotopic (exact) mass is 270 g/mol. The lowest BCUT2D eigenvalue weighted by Crippen LogP contribution is -2.26. The van der Waals surface area contributed by atoms with E-state index in [0.717, 1.165) is 6.42 Å². The third kappa shape index (κ3) is 3.35. The van der Waals surface area contributed by atoms with Crippen LogP contribution in [0.15, 0.2) is 28.9 Å². The first-order valence-corrected chi connectivity index (χ1v) is 5.39. The molecule has 6 nitrogen and oxygen atoms in total. The molecule has 2 rings (SSSR count). The van der Waals surface area contributed by atoms with Crippen LogP contribution >= 0.6 is 12.4 Å². The summed E-state index contributed by atoms with van der Waals surface area (Å²) in [6.45, 7) is 1.11. The van der Waals surface area contributed by atoms with Crippen molar-refractivity contribution in [3.8, 4) is 11.5 Å². The molecule has 0 fully saturated rings. The van der Waals surface area contributed by atoms with Gasteiger partial charge in [0.15, 0.2) is 11.5 Å². The lowest BCUT2D eigenvalue weighted by Gasteiger charge is -1.99. The van der Waals surface area contributed by atoms with Crippen LogP contribution in [0.2, 0.25) is 0 Å². The molecule has 1 amide bonds. The van der Waals surface area contributed by atoms with E-state index >= 15 is 0 Å². The van der Waals surface area contributed by atoms with Crippen LogP contribution in [-0.2, 0) is 0 Å². The highest BCUT2D eigenvalue weighted by atomic mass is 35.5. The molecule has 2 aromatic heterocycles. The Labute approximate surface area is 110 Å². The van der Waals surface area contributed by atoms with Crippen molar-refractivity contribution in [1.29, 1.82) is 0 Å². The Hall–Kier alpha value is -1.79. The second-order valence-corrected chi connectivity index (χ2v) is 3.54. The minimum Gasteiger partial charge on any atom is -0.463 e. The first kappa shape index (κ1) is 14.3. The van der Waals surface area contributed by atoms with E-state index in [9.17, 15) is 4.79 Å². The molecule has 98 valence electrons. The Morgan fingerprint density at radius 2 is 2.39 bits per heavy atom. The van der Waals surface area contributed by atoms with E-state index in [1.165, 1.54) is 0 Å². The summed E-state index contributed by atoms with van der Waals surface area (Å²) in [6, 6.07) is 5.22. The van der Waals surface area contributed by atoms with E-state index < -0.39 is 0 Å². The third-order valence-electron chi connectivity index (χ3n) is 2.26. The minimum atomic E-state index is -0.215. The summed E-state index contributed by atoms with van der Waals surface area (Å²) in [6.07, 6.45) is 2.32. The SMILES string of the molecule is Cl.NCCCNC(=O)c1cc(-c2ccco2)[nH]n1. The first-order valence-electron chi connectivity index (χ1n) is 5.39. The maximum absolute atomic E-state index is 11.6. The number of aromatic amines is 1. The second-order valence-electron chi connectivity index (χ2n) is 3.54. The average Bonchev–Trinajstić information content (AvgIpc) is 3.00. The molecule has 0 bridgehead atoms. The van der Waals surface area contributed by atoms with Gasteiger partial charge in [0.25, 0.3) is 5.91 Å². The van der Waals surface area contributed by atoms with Crippen molar-refractivity contribution in [2.75, 3.05) is 13.1 Å². The molecule has 0 aliphatic rings. The van der Waals surface area contributed by atoms with Gasteiger partial charge in [0, 0.05) is 12.6 Å². The summed E-state index contributed by atoms with van der Waals surface area (Å²) in [7, 11) is 0. The lowest BCUT2D eigenvalue weighted by atomic mass is 10.3. The van der Waals surface area contributed by atoms with Gasteiger partial charge >= 0.3 is 0 Å². The number of nitrogens with two attached hydrogens (primary N) is 1. The van der Waals surface area contributed by atoms with E-state index in [2.05, 4.69) is 15.5 Å². The number of nitrogens with one attached hydrogen (secondary N) is 2. The van der Waals surface area contributed by atoms with E-state index in [0.29, 0.717) is 30.2 Å². The standard InChI is InChI=1S/C11H14N4O2.ClH/c12-4-2-5-13-11(16)9-7-8(14-15-9)10-3-1-6-17-10;/h1,3,6-7H,2,4-5,12H2,(H,13,16)(H,14,15);1H. The van der Waals surface area contributed by atoms with Gasteiger partial charge in [-0.2, -0.15) is 5.10 Å². The van der Waals surface area contributed by atoms with Gasteiger partial charge in [-0.05, 0) is 25.1 Å². The smallest absolute Gasteiger partial charge is 0.271 e. The Kier molecular flexibility index (Phi) is 5.41. The fourth-order valence-corrected chi connectivity index (χ4v) is 1.39. The van der Waals surface area contributed by atoms with E-state index in [1.807, 2.05) is 0 Å². The second kappa shape index (κ2) is 6.83. The average molecular weight is 271 g/mol.